The average Bonchev–Trinajstić information content (AvgIpc) is 2.35. The maximum atomic E-state index is 12.3. The van der Waals surface area contributed by atoms with Gasteiger partial charge in [-0.2, -0.15) is 0 Å². The van der Waals surface area contributed by atoms with Crippen molar-refractivity contribution < 1.29 is 14.7 Å². The largest absolute Gasteiger partial charge is 0.480 e. The summed E-state index contributed by atoms with van der Waals surface area (Å²) in [5.74, 6) is -0.660. The van der Waals surface area contributed by atoms with E-state index in [1.165, 1.54) is 32.1 Å². The predicted molar refractivity (Wildman–Crippen MR) is 72.7 cm³/mol. The van der Waals surface area contributed by atoms with Crippen LogP contribution < -0.4 is 5.32 Å². The number of carboxylic acids is 1. The number of rotatable bonds is 5. The minimum absolute atomic E-state index is 0.157. The molecule has 0 aromatic carbocycles. The van der Waals surface area contributed by atoms with E-state index in [1.807, 2.05) is 0 Å². The van der Waals surface area contributed by atoms with E-state index in [9.17, 15) is 14.7 Å². The number of carboxylic acid groups (broad SMARTS) is 1. The Bertz CT molecular complexity index is 343. The van der Waals surface area contributed by atoms with E-state index in [2.05, 4.69) is 12.2 Å². The van der Waals surface area contributed by atoms with Crippen LogP contribution in [0.3, 0.4) is 0 Å². The second kappa shape index (κ2) is 5.93. The molecule has 0 aromatic heterocycles. The molecule has 19 heavy (non-hydrogen) atoms. The Hall–Kier alpha value is -1.06. The SMILES string of the molecule is CCC(NC(=O)C1(C(=O)O)CCC1)C1CCCCC1. The van der Waals surface area contributed by atoms with Gasteiger partial charge in [-0.05, 0) is 38.0 Å². The average molecular weight is 267 g/mol. The lowest BCUT2D eigenvalue weighted by atomic mass is 9.67. The van der Waals surface area contributed by atoms with Gasteiger partial charge in [0, 0.05) is 6.04 Å². The van der Waals surface area contributed by atoms with Crippen molar-refractivity contribution in [3.63, 3.8) is 0 Å². The molecule has 1 atom stereocenters. The molecule has 2 rings (SSSR count). The minimum Gasteiger partial charge on any atom is -0.480 e. The zero-order valence-corrected chi connectivity index (χ0v) is 11.8. The molecule has 2 N–H and O–H groups in total. The summed E-state index contributed by atoms with van der Waals surface area (Å²) in [6.07, 6.45) is 8.83. The highest BCUT2D eigenvalue weighted by atomic mass is 16.4. The second-order valence-electron chi connectivity index (χ2n) is 6.13. The molecule has 1 amide bonds. The van der Waals surface area contributed by atoms with Crippen LogP contribution in [0.15, 0.2) is 0 Å². The van der Waals surface area contributed by atoms with Crippen molar-refractivity contribution in [2.24, 2.45) is 11.3 Å². The van der Waals surface area contributed by atoms with Gasteiger partial charge in [0.1, 0.15) is 5.41 Å². The number of aliphatic carboxylic acids is 1. The first kappa shape index (κ1) is 14.4. The van der Waals surface area contributed by atoms with Gasteiger partial charge in [-0.15, -0.1) is 0 Å². The highest BCUT2D eigenvalue weighted by Crippen LogP contribution is 2.42. The van der Waals surface area contributed by atoms with Gasteiger partial charge in [0.15, 0.2) is 0 Å². The Balaban J connectivity index is 1.97. The lowest BCUT2D eigenvalue weighted by Gasteiger charge is -2.39. The summed E-state index contributed by atoms with van der Waals surface area (Å²) in [5, 5.41) is 12.3. The van der Waals surface area contributed by atoms with Crippen molar-refractivity contribution in [2.75, 3.05) is 0 Å². The van der Waals surface area contributed by atoms with Crippen molar-refractivity contribution in [3.05, 3.63) is 0 Å². The third kappa shape index (κ3) is 2.77. The van der Waals surface area contributed by atoms with Gasteiger partial charge in [-0.1, -0.05) is 32.6 Å². The fourth-order valence-electron chi connectivity index (χ4n) is 3.46. The lowest BCUT2D eigenvalue weighted by Crippen LogP contribution is -2.54. The Morgan fingerprint density at radius 2 is 1.84 bits per heavy atom. The molecule has 1 unspecified atom stereocenters. The summed E-state index contributed by atoms with van der Waals surface area (Å²) >= 11 is 0. The topological polar surface area (TPSA) is 66.4 Å². The normalized spacial score (nSPS) is 24.3. The van der Waals surface area contributed by atoms with E-state index in [1.54, 1.807) is 0 Å². The summed E-state index contributed by atoms with van der Waals surface area (Å²) in [5.41, 5.74) is -1.12. The van der Waals surface area contributed by atoms with E-state index in [-0.39, 0.29) is 11.9 Å². The zero-order valence-electron chi connectivity index (χ0n) is 11.8. The van der Waals surface area contributed by atoms with Gasteiger partial charge >= 0.3 is 5.97 Å². The highest BCUT2D eigenvalue weighted by Gasteiger charge is 2.51. The number of hydrogen-bond acceptors (Lipinski definition) is 2. The van der Waals surface area contributed by atoms with Crippen LogP contribution in [0.2, 0.25) is 0 Å². The van der Waals surface area contributed by atoms with E-state index in [4.69, 9.17) is 0 Å². The zero-order chi connectivity index (χ0) is 13.9. The molecule has 4 heteroatoms. The van der Waals surface area contributed by atoms with Gasteiger partial charge in [0.2, 0.25) is 5.91 Å². The van der Waals surface area contributed by atoms with Crippen LogP contribution in [0, 0.1) is 11.3 Å². The van der Waals surface area contributed by atoms with Crippen LogP contribution in [0.5, 0.6) is 0 Å². The maximum Gasteiger partial charge on any atom is 0.319 e. The van der Waals surface area contributed by atoms with Crippen LogP contribution in [0.25, 0.3) is 0 Å². The molecule has 0 saturated heterocycles. The van der Waals surface area contributed by atoms with Gasteiger partial charge in [-0.25, -0.2) is 0 Å². The Labute approximate surface area is 115 Å². The minimum atomic E-state index is -1.12. The quantitative estimate of drug-likeness (QED) is 0.753. The molecule has 2 fully saturated rings. The molecule has 4 nitrogen and oxygen atoms in total. The smallest absolute Gasteiger partial charge is 0.319 e. The summed E-state index contributed by atoms with van der Waals surface area (Å²) in [6, 6.07) is 0.157. The molecular weight excluding hydrogens is 242 g/mol. The van der Waals surface area contributed by atoms with Gasteiger partial charge in [-0.3, -0.25) is 9.59 Å². The van der Waals surface area contributed by atoms with Crippen molar-refractivity contribution in [1.82, 2.24) is 5.32 Å². The Morgan fingerprint density at radius 3 is 2.26 bits per heavy atom. The third-order valence-corrected chi connectivity index (χ3v) is 5.03. The molecule has 2 aliphatic carbocycles. The summed E-state index contributed by atoms with van der Waals surface area (Å²) in [4.78, 5) is 23.6. The maximum absolute atomic E-state index is 12.3. The number of carbonyl (C=O) groups excluding carboxylic acids is 1. The summed E-state index contributed by atoms with van der Waals surface area (Å²) in [7, 11) is 0. The molecule has 0 aliphatic heterocycles. The predicted octanol–water partition coefficient (Wildman–Crippen LogP) is 2.72. The van der Waals surface area contributed by atoms with Gasteiger partial charge in [0.05, 0.1) is 0 Å². The van der Waals surface area contributed by atoms with Gasteiger partial charge < -0.3 is 10.4 Å². The third-order valence-electron chi connectivity index (χ3n) is 5.03. The number of carbonyl (C=O) groups is 2. The van der Waals surface area contributed by atoms with Crippen LogP contribution in [-0.4, -0.2) is 23.0 Å². The number of hydrogen-bond donors (Lipinski definition) is 2. The molecule has 0 bridgehead atoms. The van der Waals surface area contributed by atoms with Crippen LogP contribution >= 0.6 is 0 Å². The van der Waals surface area contributed by atoms with Crippen LogP contribution in [-0.2, 0) is 9.59 Å². The Kier molecular flexibility index (Phi) is 4.48. The molecule has 108 valence electrons. The van der Waals surface area contributed by atoms with E-state index < -0.39 is 11.4 Å². The van der Waals surface area contributed by atoms with Crippen molar-refractivity contribution in [3.8, 4) is 0 Å². The standard InChI is InChI=1S/C15H25NO3/c1-2-12(11-7-4-3-5-8-11)16-13(17)15(14(18)19)9-6-10-15/h11-12H,2-10H2,1H3,(H,16,17)(H,18,19). The lowest BCUT2D eigenvalue weighted by molar-refractivity contribution is -0.162. The molecule has 2 saturated carbocycles. The van der Waals surface area contributed by atoms with Crippen LogP contribution in [0.1, 0.15) is 64.7 Å². The molecule has 0 heterocycles. The number of amides is 1. The molecule has 0 spiro atoms. The first-order chi connectivity index (χ1) is 9.10. The van der Waals surface area contributed by atoms with Crippen LogP contribution in [0.4, 0.5) is 0 Å². The summed E-state index contributed by atoms with van der Waals surface area (Å²) < 4.78 is 0. The van der Waals surface area contributed by atoms with Crippen molar-refractivity contribution in [2.45, 2.75) is 70.8 Å². The highest BCUT2D eigenvalue weighted by molar-refractivity contribution is 6.02. The molecule has 2 aliphatic rings. The van der Waals surface area contributed by atoms with E-state index in [0.717, 1.165) is 12.8 Å². The first-order valence-electron chi connectivity index (χ1n) is 7.64. The number of nitrogens with one attached hydrogen (secondary N) is 1. The first-order valence-corrected chi connectivity index (χ1v) is 7.64. The van der Waals surface area contributed by atoms with Crippen molar-refractivity contribution in [1.29, 1.82) is 0 Å². The molecular formula is C15H25NO3. The monoisotopic (exact) mass is 267 g/mol. The fourth-order valence-corrected chi connectivity index (χ4v) is 3.46. The Morgan fingerprint density at radius 1 is 1.21 bits per heavy atom. The molecule has 0 radical (unpaired) electrons. The van der Waals surface area contributed by atoms with Crippen molar-refractivity contribution >= 4 is 11.9 Å². The summed E-state index contributed by atoms with van der Waals surface area (Å²) in [6.45, 7) is 2.08. The fraction of sp³-hybridized carbons (Fsp3) is 0.867. The van der Waals surface area contributed by atoms with Gasteiger partial charge in [0.25, 0.3) is 0 Å². The van der Waals surface area contributed by atoms with E-state index in [0.29, 0.717) is 18.8 Å². The second-order valence-corrected chi connectivity index (χ2v) is 6.13. The molecule has 0 aromatic rings. The van der Waals surface area contributed by atoms with E-state index >= 15 is 0 Å².